The summed E-state index contributed by atoms with van der Waals surface area (Å²) in [6.45, 7) is 11.1. The first kappa shape index (κ1) is 11.2. The van der Waals surface area contributed by atoms with E-state index in [4.69, 9.17) is 4.74 Å². The number of rotatable bonds is 3. The maximum Gasteiger partial charge on any atom is 0.323 e. The fourth-order valence-corrected chi connectivity index (χ4v) is 1.46. The van der Waals surface area contributed by atoms with E-state index < -0.39 is 0 Å². The van der Waals surface area contributed by atoms with Crippen LogP contribution in [0.2, 0.25) is 0 Å². The van der Waals surface area contributed by atoms with Crippen molar-refractivity contribution in [3.05, 3.63) is 12.7 Å². The second-order valence-corrected chi connectivity index (χ2v) is 4.62. The van der Waals surface area contributed by atoms with Crippen molar-refractivity contribution in [1.82, 2.24) is 4.90 Å². The van der Waals surface area contributed by atoms with Crippen molar-refractivity contribution in [2.75, 3.05) is 13.1 Å². The van der Waals surface area contributed by atoms with Crippen LogP contribution in [0.3, 0.4) is 0 Å². The molecule has 0 bridgehead atoms. The average Bonchev–Trinajstić information content (AvgIpc) is 1.93. The number of nitrogens with zero attached hydrogens (tertiary/aromatic N) is 1. The number of likely N-dealkylation sites (tertiary alicyclic amines) is 1. The Morgan fingerprint density at radius 3 is 2.64 bits per heavy atom. The molecule has 14 heavy (non-hydrogen) atoms. The molecule has 0 radical (unpaired) electrons. The number of esters is 1. The van der Waals surface area contributed by atoms with Gasteiger partial charge in [-0.25, -0.2) is 0 Å². The lowest BCUT2D eigenvalue weighted by Crippen LogP contribution is -2.53. The van der Waals surface area contributed by atoms with Crippen molar-refractivity contribution in [1.29, 1.82) is 0 Å². The van der Waals surface area contributed by atoms with Crippen molar-refractivity contribution in [3.8, 4) is 0 Å². The predicted octanol–water partition coefficient (Wildman–Crippen LogP) is 1.59. The molecular weight excluding hydrogens is 178 g/mol. The Labute approximate surface area is 85.7 Å². The van der Waals surface area contributed by atoms with Crippen molar-refractivity contribution in [2.45, 2.75) is 38.8 Å². The molecule has 1 saturated heterocycles. The summed E-state index contributed by atoms with van der Waals surface area (Å²) in [6, 6.07) is -0.0489. The fourth-order valence-electron chi connectivity index (χ4n) is 1.46. The molecule has 3 heteroatoms. The molecule has 1 fully saturated rings. The van der Waals surface area contributed by atoms with E-state index in [-0.39, 0.29) is 17.6 Å². The Kier molecular flexibility index (Phi) is 3.32. The van der Waals surface area contributed by atoms with E-state index >= 15 is 0 Å². The van der Waals surface area contributed by atoms with Gasteiger partial charge in [0.1, 0.15) is 11.6 Å². The first-order valence-electron chi connectivity index (χ1n) is 5.02. The van der Waals surface area contributed by atoms with E-state index in [9.17, 15) is 4.79 Å². The van der Waals surface area contributed by atoms with E-state index in [0.717, 1.165) is 19.5 Å². The quantitative estimate of drug-likeness (QED) is 0.508. The average molecular weight is 197 g/mol. The summed E-state index contributed by atoms with van der Waals surface area (Å²) in [5, 5.41) is 0. The van der Waals surface area contributed by atoms with Crippen LogP contribution in [0.5, 0.6) is 0 Å². The van der Waals surface area contributed by atoms with Gasteiger partial charge in [-0.15, -0.1) is 6.58 Å². The monoisotopic (exact) mass is 197 g/mol. The van der Waals surface area contributed by atoms with Crippen LogP contribution in [0.1, 0.15) is 27.2 Å². The SMILES string of the molecule is C=CCN1CCC1C(=O)OC(C)(C)C. The molecule has 1 aliphatic rings. The summed E-state index contributed by atoms with van der Waals surface area (Å²) in [5.41, 5.74) is -0.382. The highest BCUT2D eigenvalue weighted by Crippen LogP contribution is 2.20. The van der Waals surface area contributed by atoms with Crippen molar-refractivity contribution in [2.24, 2.45) is 0 Å². The molecule has 1 unspecified atom stereocenters. The van der Waals surface area contributed by atoms with Gasteiger partial charge in [0.25, 0.3) is 0 Å². The molecular formula is C11H19NO2. The first-order chi connectivity index (χ1) is 6.44. The second kappa shape index (κ2) is 4.13. The number of hydrogen-bond donors (Lipinski definition) is 0. The minimum absolute atomic E-state index is 0.0489. The molecule has 1 atom stereocenters. The Morgan fingerprint density at radius 1 is 1.64 bits per heavy atom. The largest absolute Gasteiger partial charge is 0.459 e. The van der Waals surface area contributed by atoms with Crippen molar-refractivity contribution < 1.29 is 9.53 Å². The van der Waals surface area contributed by atoms with Gasteiger partial charge in [-0.2, -0.15) is 0 Å². The number of ether oxygens (including phenoxy) is 1. The van der Waals surface area contributed by atoms with Crippen molar-refractivity contribution >= 4 is 5.97 Å². The molecule has 0 spiro atoms. The molecule has 1 heterocycles. The van der Waals surface area contributed by atoms with Gasteiger partial charge in [-0.1, -0.05) is 6.08 Å². The topological polar surface area (TPSA) is 29.5 Å². The van der Waals surface area contributed by atoms with E-state index in [1.165, 1.54) is 0 Å². The van der Waals surface area contributed by atoms with Gasteiger partial charge >= 0.3 is 5.97 Å². The third kappa shape index (κ3) is 2.84. The molecule has 1 rings (SSSR count). The van der Waals surface area contributed by atoms with Crippen LogP contribution < -0.4 is 0 Å². The lowest BCUT2D eigenvalue weighted by Gasteiger charge is -2.39. The zero-order chi connectivity index (χ0) is 10.8. The smallest absolute Gasteiger partial charge is 0.323 e. The molecule has 0 N–H and O–H groups in total. The normalized spacial score (nSPS) is 22.6. The molecule has 3 nitrogen and oxygen atoms in total. The number of hydrogen-bond acceptors (Lipinski definition) is 3. The fraction of sp³-hybridized carbons (Fsp3) is 0.727. The highest BCUT2D eigenvalue weighted by Gasteiger charge is 2.36. The summed E-state index contributed by atoms with van der Waals surface area (Å²) in [7, 11) is 0. The Hall–Kier alpha value is -0.830. The summed E-state index contributed by atoms with van der Waals surface area (Å²) in [5.74, 6) is -0.106. The summed E-state index contributed by atoms with van der Waals surface area (Å²) >= 11 is 0. The van der Waals surface area contributed by atoms with E-state index in [0.29, 0.717) is 0 Å². The molecule has 80 valence electrons. The summed E-state index contributed by atoms with van der Waals surface area (Å²) in [4.78, 5) is 13.7. The molecule has 1 aliphatic heterocycles. The summed E-state index contributed by atoms with van der Waals surface area (Å²) in [6.07, 6.45) is 2.72. The maximum absolute atomic E-state index is 11.6. The zero-order valence-electron chi connectivity index (χ0n) is 9.25. The molecule has 0 aromatic rings. The highest BCUT2D eigenvalue weighted by atomic mass is 16.6. The van der Waals surface area contributed by atoms with Crippen LogP contribution >= 0.6 is 0 Å². The van der Waals surface area contributed by atoms with E-state index in [1.54, 1.807) is 0 Å². The van der Waals surface area contributed by atoms with Gasteiger partial charge in [-0.3, -0.25) is 9.69 Å². The summed E-state index contributed by atoms with van der Waals surface area (Å²) < 4.78 is 5.30. The molecule has 0 aromatic carbocycles. The standard InChI is InChI=1S/C11H19NO2/c1-5-7-12-8-6-9(12)10(13)14-11(2,3)4/h5,9H,1,6-8H2,2-4H3. The molecule has 0 aromatic heterocycles. The zero-order valence-corrected chi connectivity index (χ0v) is 9.25. The van der Waals surface area contributed by atoms with Gasteiger partial charge in [0.15, 0.2) is 0 Å². The van der Waals surface area contributed by atoms with Gasteiger partial charge in [0, 0.05) is 13.1 Å². The van der Waals surface area contributed by atoms with Gasteiger partial charge in [-0.05, 0) is 27.2 Å². The lowest BCUT2D eigenvalue weighted by atomic mass is 10.0. The predicted molar refractivity (Wildman–Crippen MR) is 56.0 cm³/mol. The highest BCUT2D eigenvalue weighted by molar-refractivity contribution is 5.77. The first-order valence-corrected chi connectivity index (χ1v) is 5.02. The minimum atomic E-state index is -0.382. The van der Waals surface area contributed by atoms with Crippen LogP contribution in [-0.2, 0) is 9.53 Å². The second-order valence-electron chi connectivity index (χ2n) is 4.62. The van der Waals surface area contributed by atoms with Gasteiger partial charge < -0.3 is 4.74 Å². The molecule has 0 aliphatic carbocycles. The molecule has 0 amide bonds. The van der Waals surface area contributed by atoms with Gasteiger partial charge in [0.2, 0.25) is 0 Å². The lowest BCUT2D eigenvalue weighted by molar-refractivity contribution is -0.166. The Bertz CT molecular complexity index is 230. The number of carbonyl (C=O) groups excluding carboxylic acids is 1. The Morgan fingerprint density at radius 2 is 2.29 bits per heavy atom. The molecule has 0 saturated carbocycles. The van der Waals surface area contributed by atoms with E-state index in [2.05, 4.69) is 11.5 Å². The number of carbonyl (C=O) groups is 1. The van der Waals surface area contributed by atoms with Crippen LogP contribution in [0.15, 0.2) is 12.7 Å². The van der Waals surface area contributed by atoms with Crippen molar-refractivity contribution in [3.63, 3.8) is 0 Å². The van der Waals surface area contributed by atoms with E-state index in [1.807, 2.05) is 26.8 Å². The van der Waals surface area contributed by atoms with Crippen LogP contribution in [0.25, 0.3) is 0 Å². The van der Waals surface area contributed by atoms with Crippen LogP contribution in [-0.4, -0.2) is 35.6 Å². The van der Waals surface area contributed by atoms with Gasteiger partial charge in [0.05, 0.1) is 0 Å². The van der Waals surface area contributed by atoms with Crippen LogP contribution in [0.4, 0.5) is 0 Å². The Balaban J connectivity index is 2.42. The minimum Gasteiger partial charge on any atom is -0.459 e. The maximum atomic E-state index is 11.6. The third-order valence-corrected chi connectivity index (χ3v) is 2.17. The van der Waals surface area contributed by atoms with Crippen LogP contribution in [0, 0.1) is 0 Å². The third-order valence-electron chi connectivity index (χ3n) is 2.17.